The molecule has 2 aliphatic heterocycles. The van der Waals surface area contributed by atoms with E-state index in [9.17, 15) is 13.5 Å². The molecule has 2 unspecified atom stereocenters. The minimum Gasteiger partial charge on any atom is -0.391 e. The van der Waals surface area contributed by atoms with E-state index in [1.54, 1.807) is 36.7 Å². The number of likely N-dealkylation sites (tertiary alicyclic amines) is 1. The first-order chi connectivity index (χ1) is 14.9. The standard InChI is InChI=1S/C23H28N4O3S/c1-25-11-4-6-18(25)13-17-15-27(22-8-3-10-24-23(17)22)31(29,30)21-7-2-5-19(14-21)26-12-9-20(28)16-26/h2-3,5,7-8,10,14-15,18,20,28H,4,6,9,11-13,16H2,1H3. The van der Waals surface area contributed by atoms with E-state index in [0.29, 0.717) is 24.5 Å². The first kappa shape index (κ1) is 20.5. The number of β-amino-alcohol motifs (C(OH)–C–C–N with tert-alkyl or cyclic N) is 1. The van der Waals surface area contributed by atoms with Crippen molar-refractivity contribution in [2.75, 3.05) is 31.6 Å². The van der Waals surface area contributed by atoms with Gasteiger partial charge in [0.25, 0.3) is 10.0 Å². The largest absolute Gasteiger partial charge is 0.391 e. The molecule has 5 rings (SSSR count). The predicted molar refractivity (Wildman–Crippen MR) is 121 cm³/mol. The third kappa shape index (κ3) is 3.73. The molecule has 0 amide bonds. The molecule has 2 atom stereocenters. The first-order valence-corrected chi connectivity index (χ1v) is 12.3. The van der Waals surface area contributed by atoms with Gasteiger partial charge < -0.3 is 14.9 Å². The van der Waals surface area contributed by atoms with E-state index in [0.717, 1.165) is 42.7 Å². The highest BCUT2D eigenvalue weighted by molar-refractivity contribution is 7.90. The number of likely N-dealkylation sites (N-methyl/N-ethyl adjacent to an activating group) is 1. The van der Waals surface area contributed by atoms with Crippen molar-refractivity contribution in [2.24, 2.45) is 0 Å². The van der Waals surface area contributed by atoms with Crippen LogP contribution >= 0.6 is 0 Å². The Labute approximate surface area is 183 Å². The fourth-order valence-electron chi connectivity index (χ4n) is 4.86. The molecular formula is C23H28N4O3S. The van der Waals surface area contributed by atoms with Crippen molar-refractivity contribution in [3.8, 4) is 0 Å². The molecule has 0 bridgehead atoms. The molecule has 2 fully saturated rings. The number of pyridine rings is 1. The second kappa shape index (κ2) is 7.93. The SMILES string of the molecule is CN1CCCC1Cc1cn(S(=O)(=O)c2cccc(N3CCC(O)C3)c2)c2cccnc12. The van der Waals surface area contributed by atoms with E-state index in [-0.39, 0.29) is 11.0 Å². The van der Waals surface area contributed by atoms with Gasteiger partial charge in [-0.25, -0.2) is 12.4 Å². The number of hydrogen-bond donors (Lipinski definition) is 1. The Bertz CT molecular complexity index is 1210. The van der Waals surface area contributed by atoms with Crippen molar-refractivity contribution in [3.05, 3.63) is 54.4 Å². The fraction of sp³-hybridized carbons (Fsp3) is 0.435. The Hall–Kier alpha value is -2.42. The normalized spacial score (nSPS) is 22.6. The van der Waals surface area contributed by atoms with Crippen molar-refractivity contribution < 1.29 is 13.5 Å². The van der Waals surface area contributed by atoms with Crippen LogP contribution in [0.25, 0.3) is 11.0 Å². The highest BCUT2D eigenvalue weighted by Crippen LogP contribution is 2.30. The third-order valence-corrected chi connectivity index (χ3v) is 8.30. The molecular weight excluding hydrogens is 412 g/mol. The van der Waals surface area contributed by atoms with Crippen LogP contribution in [0.3, 0.4) is 0 Å². The van der Waals surface area contributed by atoms with E-state index >= 15 is 0 Å². The zero-order chi connectivity index (χ0) is 21.6. The number of rotatable bonds is 5. The maximum atomic E-state index is 13.7. The molecule has 1 N–H and O–H groups in total. The summed E-state index contributed by atoms with van der Waals surface area (Å²) in [5.41, 5.74) is 3.15. The van der Waals surface area contributed by atoms with Gasteiger partial charge in [0.15, 0.2) is 0 Å². The molecule has 8 heteroatoms. The zero-order valence-electron chi connectivity index (χ0n) is 17.7. The first-order valence-electron chi connectivity index (χ1n) is 10.9. The Morgan fingerprint density at radius 2 is 2.03 bits per heavy atom. The van der Waals surface area contributed by atoms with Gasteiger partial charge in [0.2, 0.25) is 0 Å². The van der Waals surface area contributed by atoms with E-state index < -0.39 is 10.0 Å². The Morgan fingerprint density at radius 3 is 2.77 bits per heavy atom. The van der Waals surface area contributed by atoms with Crippen LogP contribution in [0.4, 0.5) is 5.69 Å². The molecule has 0 saturated carbocycles. The fourth-order valence-corrected chi connectivity index (χ4v) is 6.28. The number of nitrogens with zero attached hydrogens (tertiary/aromatic N) is 4. The zero-order valence-corrected chi connectivity index (χ0v) is 18.5. The Kier molecular flexibility index (Phi) is 5.24. The molecule has 7 nitrogen and oxygen atoms in total. The molecule has 31 heavy (non-hydrogen) atoms. The number of aliphatic hydroxyl groups excluding tert-OH is 1. The van der Waals surface area contributed by atoms with Crippen molar-refractivity contribution in [1.29, 1.82) is 0 Å². The van der Waals surface area contributed by atoms with Crippen LogP contribution in [-0.4, -0.2) is 66.2 Å². The number of aliphatic hydroxyl groups is 1. The monoisotopic (exact) mass is 440 g/mol. The molecule has 2 saturated heterocycles. The second-order valence-electron chi connectivity index (χ2n) is 8.69. The lowest BCUT2D eigenvalue weighted by Gasteiger charge is -2.19. The average molecular weight is 441 g/mol. The minimum atomic E-state index is -3.78. The van der Waals surface area contributed by atoms with Crippen molar-refractivity contribution in [1.82, 2.24) is 13.9 Å². The quantitative estimate of drug-likeness (QED) is 0.657. The summed E-state index contributed by atoms with van der Waals surface area (Å²) in [5.74, 6) is 0. The molecule has 1 aromatic carbocycles. The molecule has 0 spiro atoms. The number of benzene rings is 1. The third-order valence-electron chi connectivity index (χ3n) is 6.63. The Balaban J connectivity index is 1.54. The summed E-state index contributed by atoms with van der Waals surface area (Å²) >= 11 is 0. The summed E-state index contributed by atoms with van der Waals surface area (Å²) < 4.78 is 28.7. The van der Waals surface area contributed by atoms with Gasteiger partial charge in [-0.05, 0) is 75.2 Å². The van der Waals surface area contributed by atoms with Crippen LogP contribution in [-0.2, 0) is 16.4 Å². The van der Waals surface area contributed by atoms with Crippen LogP contribution in [0.2, 0.25) is 0 Å². The van der Waals surface area contributed by atoms with Crippen LogP contribution < -0.4 is 4.90 Å². The highest BCUT2D eigenvalue weighted by Gasteiger charge is 2.27. The van der Waals surface area contributed by atoms with Crippen LogP contribution in [0, 0.1) is 0 Å². The van der Waals surface area contributed by atoms with Gasteiger partial charge in [0.1, 0.15) is 0 Å². The van der Waals surface area contributed by atoms with Crippen LogP contribution in [0.1, 0.15) is 24.8 Å². The van der Waals surface area contributed by atoms with Gasteiger partial charge in [0, 0.05) is 37.2 Å². The van der Waals surface area contributed by atoms with Gasteiger partial charge >= 0.3 is 0 Å². The summed E-state index contributed by atoms with van der Waals surface area (Å²) in [6, 6.07) is 11.0. The van der Waals surface area contributed by atoms with E-state index in [2.05, 4.69) is 16.9 Å². The maximum absolute atomic E-state index is 13.7. The van der Waals surface area contributed by atoms with Gasteiger partial charge in [-0.15, -0.1) is 0 Å². The van der Waals surface area contributed by atoms with E-state index in [4.69, 9.17) is 0 Å². The molecule has 4 heterocycles. The summed E-state index contributed by atoms with van der Waals surface area (Å²) in [6.07, 6.45) is 6.89. The lowest BCUT2D eigenvalue weighted by Crippen LogP contribution is -2.26. The number of aromatic nitrogens is 2. The Morgan fingerprint density at radius 1 is 1.16 bits per heavy atom. The lowest BCUT2D eigenvalue weighted by atomic mass is 10.1. The smallest absolute Gasteiger partial charge is 0.268 e. The number of fused-ring (bicyclic) bond motifs is 1. The highest BCUT2D eigenvalue weighted by atomic mass is 32.2. The second-order valence-corrected chi connectivity index (χ2v) is 10.5. The molecule has 0 radical (unpaired) electrons. The van der Waals surface area contributed by atoms with Gasteiger partial charge in [-0.2, -0.15) is 0 Å². The number of anilines is 1. The van der Waals surface area contributed by atoms with Crippen molar-refractivity contribution in [2.45, 2.75) is 42.7 Å². The minimum absolute atomic E-state index is 0.247. The summed E-state index contributed by atoms with van der Waals surface area (Å²) in [7, 11) is -1.66. The maximum Gasteiger partial charge on any atom is 0.268 e. The van der Waals surface area contributed by atoms with Crippen molar-refractivity contribution >= 4 is 26.7 Å². The summed E-state index contributed by atoms with van der Waals surface area (Å²) in [5, 5.41) is 9.85. The molecule has 3 aromatic rings. The van der Waals surface area contributed by atoms with E-state index in [1.807, 2.05) is 17.0 Å². The van der Waals surface area contributed by atoms with E-state index in [1.165, 1.54) is 10.4 Å². The lowest BCUT2D eigenvalue weighted by molar-refractivity contribution is 0.198. The van der Waals surface area contributed by atoms with Gasteiger partial charge in [0.05, 0.1) is 22.0 Å². The molecule has 164 valence electrons. The van der Waals surface area contributed by atoms with Gasteiger partial charge in [-0.1, -0.05) is 6.07 Å². The molecule has 2 aromatic heterocycles. The van der Waals surface area contributed by atoms with Crippen LogP contribution in [0.5, 0.6) is 0 Å². The number of hydrogen-bond acceptors (Lipinski definition) is 6. The van der Waals surface area contributed by atoms with Crippen molar-refractivity contribution in [3.63, 3.8) is 0 Å². The summed E-state index contributed by atoms with van der Waals surface area (Å²) in [4.78, 5) is 9.14. The van der Waals surface area contributed by atoms with Crippen LogP contribution in [0.15, 0.2) is 53.7 Å². The molecule has 2 aliphatic rings. The summed E-state index contributed by atoms with van der Waals surface area (Å²) in [6.45, 7) is 2.33. The average Bonchev–Trinajstić information content (AvgIpc) is 3.48. The predicted octanol–water partition coefficient (Wildman–Crippen LogP) is 2.48. The molecule has 0 aliphatic carbocycles. The topological polar surface area (TPSA) is 78.7 Å². The van der Waals surface area contributed by atoms with Gasteiger partial charge in [-0.3, -0.25) is 4.98 Å².